The van der Waals surface area contributed by atoms with Crippen molar-refractivity contribution in [1.82, 2.24) is 4.90 Å². The van der Waals surface area contributed by atoms with E-state index in [-0.39, 0.29) is 6.10 Å². The number of hydrogen-bond donors (Lipinski definition) is 1. The molecule has 3 heteroatoms. The summed E-state index contributed by atoms with van der Waals surface area (Å²) in [6, 6.07) is 8.61. The van der Waals surface area contributed by atoms with Gasteiger partial charge in [-0.2, -0.15) is 0 Å². The van der Waals surface area contributed by atoms with Gasteiger partial charge in [0, 0.05) is 12.6 Å². The summed E-state index contributed by atoms with van der Waals surface area (Å²) in [5.41, 5.74) is 0.999. The maximum Gasteiger partial charge on any atom is 0.119 e. The molecular formula is C18H27NO2. The lowest BCUT2D eigenvalue weighted by molar-refractivity contribution is 0.0506. The Hall–Kier alpha value is -1.06. The van der Waals surface area contributed by atoms with Crippen LogP contribution in [-0.2, 0) is 0 Å². The summed E-state index contributed by atoms with van der Waals surface area (Å²) in [6.45, 7) is 4.58. The quantitative estimate of drug-likeness (QED) is 0.902. The molecule has 3 atom stereocenters. The van der Waals surface area contributed by atoms with Gasteiger partial charge in [-0.1, -0.05) is 18.6 Å². The summed E-state index contributed by atoms with van der Waals surface area (Å²) in [7, 11) is 0. The maximum absolute atomic E-state index is 10.5. The fourth-order valence-electron chi connectivity index (χ4n) is 4.06. The number of rotatable bonds is 5. The Balaban J connectivity index is 1.61. The highest BCUT2D eigenvalue weighted by molar-refractivity contribution is 5.28. The van der Waals surface area contributed by atoms with Crippen LogP contribution in [-0.4, -0.2) is 35.7 Å². The second-order valence-electron chi connectivity index (χ2n) is 6.41. The van der Waals surface area contributed by atoms with E-state index in [1.54, 1.807) is 0 Å². The van der Waals surface area contributed by atoms with Crippen LogP contribution < -0.4 is 4.74 Å². The van der Waals surface area contributed by atoms with Crippen molar-refractivity contribution in [2.24, 2.45) is 5.92 Å². The molecule has 0 bridgehead atoms. The topological polar surface area (TPSA) is 32.7 Å². The second kappa shape index (κ2) is 6.80. The van der Waals surface area contributed by atoms with Crippen molar-refractivity contribution in [2.75, 3.05) is 19.7 Å². The number of β-amino-alcohol motifs (C(OH)–C–C–N with tert-alkyl or cyclic N) is 1. The van der Waals surface area contributed by atoms with Gasteiger partial charge in [0.05, 0.1) is 12.7 Å². The Morgan fingerprint density at radius 1 is 1.19 bits per heavy atom. The third-order valence-electron chi connectivity index (χ3n) is 5.09. The fourth-order valence-corrected chi connectivity index (χ4v) is 4.06. The number of aliphatic hydroxyl groups excluding tert-OH is 1. The van der Waals surface area contributed by atoms with Crippen LogP contribution in [0.3, 0.4) is 0 Å². The van der Waals surface area contributed by atoms with E-state index in [0.29, 0.717) is 6.61 Å². The van der Waals surface area contributed by atoms with Crippen LogP contribution in [0.2, 0.25) is 0 Å². The molecule has 1 aromatic rings. The molecule has 3 nitrogen and oxygen atoms in total. The van der Waals surface area contributed by atoms with Crippen LogP contribution >= 0.6 is 0 Å². The zero-order chi connectivity index (χ0) is 14.7. The molecule has 3 unspecified atom stereocenters. The lowest BCUT2D eigenvalue weighted by atomic mass is 9.91. The lowest BCUT2D eigenvalue weighted by Gasteiger charge is -2.38. The van der Waals surface area contributed by atoms with E-state index in [9.17, 15) is 5.11 Å². The van der Waals surface area contributed by atoms with Crippen molar-refractivity contribution in [1.29, 1.82) is 0 Å². The molecular weight excluding hydrogens is 262 g/mol. The van der Waals surface area contributed by atoms with E-state index in [2.05, 4.69) is 4.90 Å². The summed E-state index contributed by atoms with van der Waals surface area (Å²) < 4.78 is 5.46. The van der Waals surface area contributed by atoms with Crippen LogP contribution in [0.25, 0.3) is 0 Å². The zero-order valence-electron chi connectivity index (χ0n) is 13.0. The first-order valence-corrected chi connectivity index (χ1v) is 8.43. The van der Waals surface area contributed by atoms with Gasteiger partial charge in [-0.3, -0.25) is 4.90 Å². The van der Waals surface area contributed by atoms with Gasteiger partial charge < -0.3 is 9.84 Å². The van der Waals surface area contributed by atoms with Gasteiger partial charge in [0.25, 0.3) is 0 Å². The van der Waals surface area contributed by atoms with Crippen LogP contribution in [0.15, 0.2) is 24.3 Å². The normalized spacial score (nSPS) is 27.3. The van der Waals surface area contributed by atoms with Crippen molar-refractivity contribution in [2.45, 2.75) is 51.2 Å². The number of piperidine rings is 1. The monoisotopic (exact) mass is 289 g/mol. The average Bonchev–Trinajstić information content (AvgIpc) is 2.98. The lowest BCUT2D eigenvalue weighted by Crippen LogP contribution is -2.44. The largest absolute Gasteiger partial charge is 0.494 e. The van der Waals surface area contributed by atoms with Gasteiger partial charge in [-0.05, 0) is 62.8 Å². The van der Waals surface area contributed by atoms with E-state index >= 15 is 0 Å². The van der Waals surface area contributed by atoms with E-state index in [1.807, 2.05) is 31.2 Å². The first-order chi connectivity index (χ1) is 10.3. The predicted octanol–water partition coefficient (Wildman–Crippen LogP) is 3.38. The molecule has 1 aromatic carbocycles. The van der Waals surface area contributed by atoms with Crippen LogP contribution in [0, 0.1) is 5.92 Å². The summed E-state index contributed by atoms with van der Waals surface area (Å²) >= 11 is 0. The van der Waals surface area contributed by atoms with Gasteiger partial charge in [-0.15, -0.1) is 0 Å². The highest BCUT2D eigenvalue weighted by atomic mass is 16.5. The van der Waals surface area contributed by atoms with Crippen LogP contribution in [0.1, 0.15) is 50.7 Å². The van der Waals surface area contributed by atoms with Gasteiger partial charge in [0.2, 0.25) is 0 Å². The van der Waals surface area contributed by atoms with E-state index < -0.39 is 0 Å². The SMILES string of the molecule is CCOc1ccc(C(O)CN2CCCC3CCCC32)cc1. The predicted molar refractivity (Wildman–Crippen MR) is 84.5 cm³/mol. The molecule has 116 valence electrons. The number of fused-ring (bicyclic) bond motifs is 1. The molecule has 1 saturated carbocycles. The Morgan fingerprint density at radius 2 is 1.95 bits per heavy atom. The number of likely N-dealkylation sites (tertiary alicyclic amines) is 1. The van der Waals surface area contributed by atoms with Crippen LogP contribution in [0.5, 0.6) is 5.75 Å². The molecule has 0 radical (unpaired) electrons. The molecule has 21 heavy (non-hydrogen) atoms. The molecule has 1 aliphatic heterocycles. The fraction of sp³-hybridized carbons (Fsp3) is 0.667. The van der Waals surface area contributed by atoms with Crippen LogP contribution in [0.4, 0.5) is 0 Å². The van der Waals surface area contributed by atoms with Gasteiger partial charge in [0.1, 0.15) is 5.75 Å². The molecule has 3 rings (SSSR count). The number of benzene rings is 1. The number of aliphatic hydroxyl groups is 1. The average molecular weight is 289 g/mol. The van der Waals surface area contributed by atoms with Crippen molar-refractivity contribution in [3.8, 4) is 5.75 Å². The molecule has 0 aromatic heterocycles. The molecule has 1 saturated heterocycles. The number of hydrogen-bond acceptors (Lipinski definition) is 3. The molecule has 1 heterocycles. The van der Waals surface area contributed by atoms with Gasteiger partial charge in [0.15, 0.2) is 0 Å². The highest BCUT2D eigenvalue weighted by Crippen LogP contribution is 2.37. The Kier molecular flexibility index (Phi) is 4.81. The van der Waals surface area contributed by atoms with Gasteiger partial charge in [-0.25, -0.2) is 0 Å². The Bertz CT molecular complexity index is 445. The van der Waals surface area contributed by atoms with Crippen molar-refractivity contribution < 1.29 is 9.84 Å². The Labute approximate surface area is 127 Å². The second-order valence-corrected chi connectivity index (χ2v) is 6.41. The molecule has 0 amide bonds. The third kappa shape index (κ3) is 3.41. The van der Waals surface area contributed by atoms with Gasteiger partial charge >= 0.3 is 0 Å². The van der Waals surface area contributed by atoms with E-state index in [4.69, 9.17) is 4.74 Å². The molecule has 0 spiro atoms. The summed E-state index contributed by atoms with van der Waals surface area (Å²) in [5.74, 6) is 1.76. The standard InChI is InChI=1S/C18H27NO2/c1-2-21-16-10-8-15(9-11-16)18(20)13-19-12-4-6-14-5-3-7-17(14)19/h8-11,14,17-18,20H,2-7,12-13H2,1H3. The van der Waals surface area contributed by atoms with Crippen molar-refractivity contribution >= 4 is 0 Å². The minimum atomic E-state index is -0.389. The van der Waals surface area contributed by atoms with Crippen molar-refractivity contribution in [3.63, 3.8) is 0 Å². The first kappa shape index (κ1) is 14.9. The number of nitrogens with zero attached hydrogens (tertiary/aromatic N) is 1. The molecule has 1 aliphatic carbocycles. The highest BCUT2D eigenvalue weighted by Gasteiger charge is 2.35. The third-order valence-corrected chi connectivity index (χ3v) is 5.09. The van der Waals surface area contributed by atoms with E-state index in [1.165, 1.54) is 32.1 Å². The smallest absolute Gasteiger partial charge is 0.119 e. The minimum absolute atomic E-state index is 0.389. The summed E-state index contributed by atoms with van der Waals surface area (Å²) in [5, 5.41) is 10.5. The number of ether oxygens (including phenoxy) is 1. The van der Waals surface area contributed by atoms with E-state index in [0.717, 1.165) is 36.4 Å². The molecule has 2 fully saturated rings. The molecule has 1 N–H and O–H groups in total. The minimum Gasteiger partial charge on any atom is -0.494 e. The van der Waals surface area contributed by atoms with Crippen molar-refractivity contribution in [3.05, 3.63) is 29.8 Å². The summed E-state index contributed by atoms with van der Waals surface area (Å²) in [4.78, 5) is 2.53. The molecule has 2 aliphatic rings. The summed E-state index contributed by atoms with van der Waals surface area (Å²) in [6.07, 6.45) is 6.36. The Morgan fingerprint density at radius 3 is 2.71 bits per heavy atom. The zero-order valence-corrected chi connectivity index (χ0v) is 13.0. The first-order valence-electron chi connectivity index (χ1n) is 8.43. The maximum atomic E-state index is 10.5.